The highest BCUT2D eigenvalue weighted by molar-refractivity contribution is 5.96. The molecular formula is C12H15NO2. The Kier molecular flexibility index (Phi) is 2.73. The number of aliphatic hydroxyl groups is 1. The van der Waals surface area contributed by atoms with Gasteiger partial charge in [0, 0.05) is 12.1 Å². The van der Waals surface area contributed by atoms with Gasteiger partial charge in [-0.2, -0.15) is 0 Å². The van der Waals surface area contributed by atoms with Crippen LogP contribution in [0.4, 0.5) is 0 Å². The van der Waals surface area contributed by atoms with Crippen molar-refractivity contribution in [3.05, 3.63) is 35.4 Å². The average Bonchev–Trinajstić information content (AvgIpc) is 2.29. The molecule has 1 heterocycles. The van der Waals surface area contributed by atoms with E-state index in [1.807, 2.05) is 31.2 Å². The van der Waals surface area contributed by atoms with Crippen molar-refractivity contribution < 1.29 is 9.90 Å². The molecule has 0 unspecified atom stereocenters. The summed E-state index contributed by atoms with van der Waals surface area (Å²) in [7, 11) is 0. The van der Waals surface area contributed by atoms with Gasteiger partial charge in [-0.1, -0.05) is 18.2 Å². The Hall–Kier alpha value is -1.35. The zero-order valence-electron chi connectivity index (χ0n) is 8.81. The van der Waals surface area contributed by atoms with Crippen LogP contribution >= 0.6 is 0 Å². The fourth-order valence-electron chi connectivity index (χ4n) is 1.96. The Balaban J connectivity index is 2.30. The minimum absolute atomic E-state index is 0.0217. The summed E-state index contributed by atoms with van der Waals surface area (Å²) in [5.41, 5.74) is 1.90. The van der Waals surface area contributed by atoms with Crippen LogP contribution in [0.15, 0.2) is 24.3 Å². The highest BCUT2D eigenvalue weighted by Crippen LogP contribution is 2.19. The largest absolute Gasteiger partial charge is 0.394 e. The molecule has 1 N–H and O–H groups in total. The van der Waals surface area contributed by atoms with Crippen LogP contribution in [0.2, 0.25) is 0 Å². The zero-order chi connectivity index (χ0) is 10.8. The SMILES string of the molecule is C[C@@H](CO)N1CCc2ccccc2C1=O. The number of rotatable bonds is 2. The van der Waals surface area contributed by atoms with Crippen molar-refractivity contribution in [2.75, 3.05) is 13.2 Å². The summed E-state index contributed by atoms with van der Waals surface area (Å²) in [5, 5.41) is 9.06. The third-order valence-electron chi connectivity index (χ3n) is 2.93. The van der Waals surface area contributed by atoms with E-state index in [-0.39, 0.29) is 18.6 Å². The van der Waals surface area contributed by atoms with Crippen LogP contribution in [0.25, 0.3) is 0 Å². The number of fused-ring (bicyclic) bond motifs is 1. The quantitative estimate of drug-likeness (QED) is 0.784. The molecule has 0 bridgehead atoms. The molecule has 1 aliphatic rings. The zero-order valence-corrected chi connectivity index (χ0v) is 8.81. The minimum Gasteiger partial charge on any atom is -0.394 e. The normalized spacial score (nSPS) is 17.5. The average molecular weight is 205 g/mol. The molecule has 2 rings (SSSR count). The van der Waals surface area contributed by atoms with Crippen molar-refractivity contribution in [3.8, 4) is 0 Å². The third kappa shape index (κ3) is 1.75. The first-order valence-corrected chi connectivity index (χ1v) is 5.23. The maximum absolute atomic E-state index is 12.0. The molecule has 1 aromatic carbocycles. The van der Waals surface area contributed by atoms with Gasteiger partial charge in [0.1, 0.15) is 0 Å². The molecule has 1 aliphatic heterocycles. The van der Waals surface area contributed by atoms with Crippen LogP contribution in [0.1, 0.15) is 22.8 Å². The predicted octanol–water partition coefficient (Wildman–Crippen LogP) is 1.07. The molecule has 1 atom stereocenters. The molecule has 1 amide bonds. The van der Waals surface area contributed by atoms with E-state index in [4.69, 9.17) is 5.11 Å². The van der Waals surface area contributed by atoms with E-state index < -0.39 is 0 Å². The molecule has 0 radical (unpaired) electrons. The van der Waals surface area contributed by atoms with Crippen molar-refractivity contribution in [3.63, 3.8) is 0 Å². The van der Waals surface area contributed by atoms with Crippen LogP contribution in [-0.2, 0) is 6.42 Å². The van der Waals surface area contributed by atoms with E-state index in [1.54, 1.807) is 4.90 Å². The maximum Gasteiger partial charge on any atom is 0.254 e. The molecule has 80 valence electrons. The minimum atomic E-state index is -0.0918. The summed E-state index contributed by atoms with van der Waals surface area (Å²) in [5.74, 6) is 0.0402. The van der Waals surface area contributed by atoms with Gasteiger partial charge >= 0.3 is 0 Å². The Morgan fingerprint density at radius 3 is 2.93 bits per heavy atom. The summed E-state index contributed by atoms with van der Waals surface area (Å²) >= 11 is 0. The molecular weight excluding hydrogens is 190 g/mol. The van der Waals surface area contributed by atoms with E-state index in [9.17, 15) is 4.79 Å². The number of hydrogen-bond donors (Lipinski definition) is 1. The van der Waals surface area contributed by atoms with E-state index >= 15 is 0 Å². The molecule has 0 fully saturated rings. The Labute approximate surface area is 89.3 Å². The summed E-state index contributed by atoms with van der Waals surface area (Å²) in [6.45, 7) is 2.59. The highest BCUT2D eigenvalue weighted by Gasteiger charge is 2.26. The highest BCUT2D eigenvalue weighted by atomic mass is 16.3. The molecule has 15 heavy (non-hydrogen) atoms. The van der Waals surface area contributed by atoms with Gasteiger partial charge < -0.3 is 10.0 Å². The van der Waals surface area contributed by atoms with Gasteiger partial charge in [0.2, 0.25) is 0 Å². The smallest absolute Gasteiger partial charge is 0.254 e. The van der Waals surface area contributed by atoms with Crippen molar-refractivity contribution in [2.45, 2.75) is 19.4 Å². The summed E-state index contributed by atoms with van der Waals surface area (Å²) in [6.07, 6.45) is 0.881. The second-order valence-electron chi connectivity index (χ2n) is 3.94. The first-order valence-electron chi connectivity index (χ1n) is 5.23. The van der Waals surface area contributed by atoms with Crippen molar-refractivity contribution in [1.29, 1.82) is 0 Å². The molecule has 0 aromatic heterocycles. The van der Waals surface area contributed by atoms with E-state index in [0.717, 1.165) is 17.5 Å². The number of carbonyl (C=O) groups is 1. The topological polar surface area (TPSA) is 40.5 Å². The van der Waals surface area contributed by atoms with Gasteiger partial charge in [-0.15, -0.1) is 0 Å². The molecule has 0 saturated heterocycles. The molecule has 3 heteroatoms. The third-order valence-corrected chi connectivity index (χ3v) is 2.93. The first kappa shape index (κ1) is 10.2. The maximum atomic E-state index is 12.0. The van der Waals surface area contributed by atoms with E-state index in [0.29, 0.717) is 6.54 Å². The van der Waals surface area contributed by atoms with Crippen LogP contribution in [0, 0.1) is 0 Å². The van der Waals surface area contributed by atoms with Crippen LogP contribution in [0.3, 0.4) is 0 Å². The number of amides is 1. The van der Waals surface area contributed by atoms with Gasteiger partial charge in [0.25, 0.3) is 5.91 Å². The summed E-state index contributed by atoms with van der Waals surface area (Å²) in [6, 6.07) is 7.59. The van der Waals surface area contributed by atoms with Gasteiger partial charge in [0.05, 0.1) is 12.6 Å². The number of aliphatic hydroxyl groups excluding tert-OH is 1. The Morgan fingerprint density at radius 1 is 1.47 bits per heavy atom. The van der Waals surface area contributed by atoms with Crippen molar-refractivity contribution in [2.24, 2.45) is 0 Å². The lowest BCUT2D eigenvalue weighted by atomic mass is 9.98. The van der Waals surface area contributed by atoms with Crippen molar-refractivity contribution in [1.82, 2.24) is 4.90 Å². The van der Waals surface area contributed by atoms with Gasteiger partial charge in [-0.3, -0.25) is 4.79 Å². The summed E-state index contributed by atoms with van der Waals surface area (Å²) in [4.78, 5) is 13.8. The molecule has 1 aromatic rings. The Morgan fingerprint density at radius 2 is 2.20 bits per heavy atom. The Bertz CT molecular complexity index is 376. The number of nitrogens with zero attached hydrogens (tertiary/aromatic N) is 1. The molecule has 0 saturated carbocycles. The van der Waals surface area contributed by atoms with Gasteiger partial charge in [-0.25, -0.2) is 0 Å². The fraction of sp³-hybridized carbons (Fsp3) is 0.417. The van der Waals surface area contributed by atoms with Gasteiger partial charge in [0.15, 0.2) is 0 Å². The fourth-order valence-corrected chi connectivity index (χ4v) is 1.96. The second kappa shape index (κ2) is 4.03. The molecule has 0 aliphatic carbocycles. The second-order valence-corrected chi connectivity index (χ2v) is 3.94. The lowest BCUT2D eigenvalue weighted by Gasteiger charge is -2.32. The van der Waals surface area contributed by atoms with Crippen molar-refractivity contribution >= 4 is 5.91 Å². The van der Waals surface area contributed by atoms with Gasteiger partial charge in [-0.05, 0) is 25.0 Å². The van der Waals surface area contributed by atoms with Crippen LogP contribution in [-0.4, -0.2) is 35.1 Å². The monoisotopic (exact) mass is 205 g/mol. The standard InChI is InChI=1S/C12H15NO2/c1-9(8-14)13-7-6-10-4-2-3-5-11(10)12(13)15/h2-5,9,14H,6-8H2,1H3/t9-/m0/s1. The predicted molar refractivity (Wildman–Crippen MR) is 57.7 cm³/mol. The van der Waals surface area contributed by atoms with E-state index in [1.165, 1.54) is 0 Å². The number of hydrogen-bond acceptors (Lipinski definition) is 2. The number of carbonyl (C=O) groups excluding carboxylic acids is 1. The summed E-state index contributed by atoms with van der Waals surface area (Å²) < 4.78 is 0. The molecule has 3 nitrogen and oxygen atoms in total. The number of benzene rings is 1. The first-order chi connectivity index (χ1) is 7.24. The van der Waals surface area contributed by atoms with Crippen LogP contribution in [0.5, 0.6) is 0 Å². The lowest BCUT2D eigenvalue weighted by molar-refractivity contribution is 0.0600. The van der Waals surface area contributed by atoms with E-state index in [2.05, 4.69) is 0 Å². The molecule has 0 spiro atoms. The van der Waals surface area contributed by atoms with Crippen LogP contribution < -0.4 is 0 Å². The lowest BCUT2D eigenvalue weighted by Crippen LogP contribution is -2.44.